The Kier molecular flexibility index (Phi) is 4.75. The van der Waals surface area contributed by atoms with Crippen LogP contribution in [0.3, 0.4) is 0 Å². The Hall–Kier alpha value is -1.43. The predicted octanol–water partition coefficient (Wildman–Crippen LogP) is 4.29. The number of halogens is 2. The van der Waals surface area contributed by atoms with Crippen molar-refractivity contribution in [2.75, 3.05) is 0 Å². The van der Waals surface area contributed by atoms with Crippen LogP contribution in [0.15, 0.2) is 46.9 Å². The highest BCUT2D eigenvalue weighted by Crippen LogP contribution is 2.30. The molecule has 0 saturated heterocycles. The minimum absolute atomic E-state index is 0.00435. The molecular formula is C14H11BrClNO3. The van der Waals surface area contributed by atoms with Gasteiger partial charge in [-0.05, 0) is 23.8 Å². The van der Waals surface area contributed by atoms with E-state index < -0.39 is 11.0 Å². The zero-order valence-electron chi connectivity index (χ0n) is 10.3. The van der Waals surface area contributed by atoms with E-state index in [1.54, 1.807) is 36.4 Å². The predicted molar refractivity (Wildman–Crippen MR) is 80.9 cm³/mol. The number of nitro benzene ring substituents is 1. The summed E-state index contributed by atoms with van der Waals surface area (Å²) in [6, 6.07) is 11.5. The first-order chi connectivity index (χ1) is 9.49. The molecular weight excluding hydrogens is 346 g/mol. The Morgan fingerprint density at radius 2 is 2.00 bits per heavy atom. The lowest BCUT2D eigenvalue weighted by Gasteiger charge is -2.13. The molecule has 2 rings (SSSR count). The van der Waals surface area contributed by atoms with Crippen LogP contribution >= 0.6 is 27.5 Å². The maximum atomic E-state index is 11.0. The molecule has 104 valence electrons. The van der Waals surface area contributed by atoms with Crippen molar-refractivity contribution in [2.24, 2.45) is 0 Å². The fourth-order valence-corrected chi connectivity index (χ4v) is 2.64. The van der Waals surface area contributed by atoms with E-state index in [-0.39, 0.29) is 12.1 Å². The minimum Gasteiger partial charge on any atom is -0.388 e. The normalized spacial score (nSPS) is 12.2. The average molecular weight is 357 g/mol. The van der Waals surface area contributed by atoms with Crippen LogP contribution in [0.2, 0.25) is 5.02 Å². The summed E-state index contributed by atoms with van der Waals surface area (Å²) >= 11 is 9.24. The van der Waals surface area contributed by atoms with Gasteiger partial charge in [-0.3, -0.25) is 10.1 Å². The van der Waals surface area contributed by atoms with Crippen LogP contribution in [0, 0.1) is 10.1 Å². The van der Waals surface area contributed by atoms with Crippen LogP contribution in [0.1, 0.15) is 17.2 Å². The Bertz CT molecular complexity index is 648. The van der Waals surface area contributed by atoms with Gasteiger partial charge in [0.1, 0.15) is 0 Å². The molecule has 6 heteroatoms. The van der Waals surface area contributed by atoms with E-state index >= 15 is 0 Å². The molecule has 1 unspecified atom stereocenters. The number of para-hydroxylation sites is 1. The molecule has 2 aromatic carbocycles. The van der Waals surface area contributed by atoms with Gasteiger partial charge in [0.15, 0.2) is 0 Å². The molecule has 1 atom stereocenters. The van der Waals surface area contributed by atoms with Crippen LogP contribution in [-0.2, 0) is 6.42 Å². The van der Waals surface area contributed by atoms with E-state index in [4.69, 9.17) is 11.6 Å². The van der Waals surface area contributed by atoms with Gasteiger partial charge >= 0.3 is 0 Å². The number of hydrogen-bond donors (Lipinski definition) is 1. The number of benzene rings is 2. The van der Waals surface area contributed by atoms with E-state index in [1.165, 1.54) is 6.07 Å². The monoisotopic (exact) mass is 355 g/mol. The van der Waals surface area contributed by atoms with Crippen LogP contribution < -0.4 is 0 Å². The largest absolute Gasteiger partial charge is 0.388 e. The van der Waals surface area contributed by atoms with Crippen molar-refractivity contribution in [1.82, 2.24) is 0 Å². The van der Waals surface area contributed by atoms with Gasteiger partial charge in [-0.1, -0.05) is 45.7 Å². The van der Waals surface area contributed by atoms with Crippen molar-refractivity contribution >= 4 is 33.2 Å². The summed E-state index contributed by atoms with van der Waals surface area (Å²) < 4.78 is 0.716. The van der Waals surface area contributed by atoms with E-state index in [0.717, 1.165) is 0 Å². The number of aliphatic hydroxyl groups excluding tert-OH is 1. The molecule has 0 bridgehead atoms. The van der Waals surface area contributed by atoms with Crippen LogP contribution in [-0.4, -0.2) is 10.0 Å². The van der Waals surface area contributed by atoms with Crippen molar-refractivity contribution in [3.05, 3.63) is 73.2 Å². The highest BCUT2D eigenvalue weighted by molar-refractivity contribution is 9.10. The zero-order valence-corrected chi connectivity index (χ0v) is 12.6. The molecule has 0 fully saturated rings. The van der Waals surface area contributed by atoms with Crippen LogP contribution in [0.5, 0.6) is 0 Å². The Morgan fingerprint density at radius 3 is 2.70 bits per heavy atom. The summed E-state index contributed by atoms with van der Waals surface area (Å²) in [5.74, 6) is 0. The number of nitro groups is 1. The molecule has 0 radical (unpaired) electrons. The molecule has 0 aliphatic rings. The third kappa shape index (κ3) is 3.36. The molecule has 4 nitrogen and oxygen atoms in total. The Morgan fingerprint density at radius 1 is 1.30 bits per heavy atom. The SMILES string of the molecule is O=[N+]([O-])c1ccccc1CC(O)c1cc(Cl)ccc1Br. The van der Waals surface area contributed by atoms with Crippen LogP contribution in [0.4, 0.5) is 5.69 Å². The zero-order chi connectivity index (χ0) is 14.7. The smallest absolute Gasteiger partial charge is 0.272 e. The van der Waals surface area contributed by atoms with Gasteiger partial charge in [0.25, 0.3) is 5.69 Å². The minimum atomic E-state index is -0.871. The van der Waals surface area contributed by atoms with Gasteiger partial charge in [0, 0.05) is 27.5 Å². The topological polar surface area (TPSA) is 63.4 Å². The first-order valence-electron chi connectivity index (χ1n) is 5.84. The summed E-state index contributed by atoms with van der Waals surface area (Å²) in [6.45, 7) is 0. The van der Waals surface area contributed by atoms with Gasteiger partial charge in [-0.2, -0.15) is 0 Å². The lowest BCUT2D eigenvalue weighted by Crippen LogP contribution is -2.05. The summed E-state index contributed by atoms with van der Waals surface area (Å²) in [6.07, 6.45) is -0.722. The molecule has 0 spiro atoms. The summed E-state index contributed by atoms with van der Waals surface area (Å²) in [4.78, 5) is 10.5. The van der Waals surface area contributed by atoms with E-state index in [1.807, 2.05) is 0 Å². The molecule has 0 aliphatic carbocycles. The Labute approximate surface area is 129 Å². The third-order valence-corrected chi connectivity index (χ3v) is 3.88. The summed E-state index contributed by atoms with van der Waals surface area (Å²) in [5.41, 5.74) is 1.09. The molecule has 0 heterocycles. The fourth-order valence-electron chi connectivity index (χ4n) is 1.95. The second-order valence-corrected chi connectivity index (χ2v) is 5.56. The highest BCUT2D eigenvalue weighted by atomic mass is 79.9. The summed E-state index contributed by atoms with van der Waals surface area (Å²) in [5, 5.41) is 21.7. The number of nitrogens with zero attached hydrogens (tertiary/aromatic N) is 1. The second kappa shape index (κ2) is 6.35. The van der Waals surface area contributed by atoms with Crippen molar-refractivity contribution in [3.8, 4) is 0 Å². The molecule has 2 aromatic rings. The van der Waals surface area contributed by atoms with Crippen molar-refractivity contribution in [2.45, 2.75) is 12.5 Å². The van der Waals surface area contributed by atoms with Crippen LogP contribution in [0.25, 0.3) is 0 Å². The van der Waals surface area contributed by atoms with Crippen molar-refractivity contribution in [3.63, 3.8) is 0 Å². The number of hydrogen-bond acceptors (Lipinski definition) is 3. The first kappa shape index (κ1) is 15.0. The van der Waals surface area contributed by atoms with Crippen molar-refractivity contribution in [1.29, 1.82) is 0 Å². The van der Waals surface area contributed by atoms with E-state index in [0.29, 0.717) is 20.6 Å². The van der Waals surface area contributed by atoms with E-state index in [9.17, 15) is 15.2 Å². The molecule has 0 amide bonds. The maximum absolute atomic E-state index is 11.0. The highest BCUT2D eigenvalue weighted by Gasteiger charge is 2.18. The lowest BCUT2D eigenvalue weighted by molar-refractivity contribution is -0.385. The number of aliphatic hydroxyl groups is 1. The molecule has 1 N–H and O–H groups in total. The van der Waals surface area contributed by atoms with E-state index in [2.05, 4.69) is 15.9 Å². The molecule has 0 aliphatic heterocycles. The standard InChI is InChI=1S/C14H11BrClNO3/c15-12-6-5-10(16)8-11(12)14(18)7-9-3-1-2-4-13(9)17(19)20/h1-6,8,14,18H,7H2. The summed E-state index contributed by atoms with van der Waals surface area (Å²) in [7, 11) is 0. The number of rotatable bonds is 4. The Balaban J connectivity index is 2.30. The maximum Gasteiger partial charge on any atom is 0.272 e. The third-order valence-electron chi connectivity index (χ3n) is 2.92. The fraction of sp³-hybridized carbons (Fsp3) is 0.143. The second-order valence-electron chi connectivity index (χ2n) is 4.27. The molecule has 20 heavy (non-hydrogen) atoms. The van der Waals surface area contributed by atoms with Gasteiger partial charge in [-0.25, -0.2) is 0 Å². The van der Waals surface area contributed by atoms with Crippen molar-refractivity contribution < 1.29 is 10.0 Å². The lowest BCUT2D eigenvalue weighted by atomic mass is 10.0. The quantitative estimate of drug-likeness (QED) is 0.656. The van der Waals surface area contributed by atoms with Gasteiger partial charge in [0.05, 0.1) is 11.0 Å². The van der Waals surface area contributed by atoms with Gasteiger partial charge in [-0.15, -0.1) is 0 Å². The first-order valence-corrected chi connectivity index (χ1v) is 7.01. The average Bonchev–Trinajstić information content (AvgIpc) is 2.41. The molecule has 0 aromatic heterocycles. The van der Waals surface area contributed by atoms with Gasteiger partial charge < -0.3 is 5.11 Å². The van der Waals surface area contributed by atoms with Gasteiger partial charge in [0.2, 0.25) is 0 Å². The molecule has 0 saturated carbocycles.